The van der Waals surface area contributed by atoms with Crippen molar-refractivity contribution in [3.8, 4) is 0 Å². The molecule has 1 fully saturated rings. The maximum Gasteiger partial charge on any atom is 0.243 e. The maximum absolute atomic E-state index is 11.8. The Kier molecular flexibility index (Phi) is 4.32. The number of hydrogen-bond donors (Lipinski definition) is 1. The van der Waals surface area contributed by atoms with Crippen molar-refractivity contribution in [1.82, 2.24) is 4.90 Å². The first-order valence-corrected chi connectivity index (χ1v) is 6.09. The molecule has 5 heteroatoms. The second-order valence-corrected chi connectivity index (χ2v) is 5.06. The Bertz CT molecular complexity index is 279. The van der Waals surface area contributed by atoms with Gasteiger partial charge in [-0.3, -0.25) is 14.5 Å². The zero-order valence-electron chi connectivity index (χ0n) is 9.03. The van der Waals surface area contributed by atoms with E-state index in [0.717, 1.165) is 5.75 Å². The molecule has 0 aromatic rings. The topological polar surface area (TPSA) is 61.2 Å². The fourth-order valence-electron chi connectivity index (χ4n) is 1.56. The third-order valence-electron chi connectivity index (χ3n) is 2.24. The molecule has 1 unspecified atom stereocenters. The summed E-state index contributed by atoms with van der Waals surface area (Å²) in [7, 11) is 0. The standard InChI is InChI=1S/C10H16N2O2S/c1-7(2)12-9(13)6-8(10(12)14)15-5-3-4-11/h4,7-8,11H,3,5-6H2,1-2H3. The van der Waals surface area contributed by atoms with Gasteiger partial charge in [-0.2, -0.15) is 0 Å². The maximum atomic E-state index is 11.8. The molecule has 0 saturated carbocycles. The van der Waals surface area contributed by atoms with Crippen molar-refractivity contribution in [2.45, 2.75) is 38.0 Å². The van der Waals surface area contributed by atoms with Gasteiger partial charge in [0.05, 0.1) is 5.25 Å². The Labute approximate surface area is 93.9 Å². The Morgan fingerprint density at radius 1 is 1.60 bits per heavy atom. The Morgan fingerprint density at radius 2 is 2.27 bits per heavy atom. The summed E-state index contributed by atoms with van der Waals surface area (Å²) >= 11 is 1.48. The molecule has 0 bridgehead atoms. The van der Waals surface area contributed by atoms with E-state index >= 15 is 0 Å². The van der Waals surface area contributed by atoms with E-state index in [-0.39, 0.29) is 23.1 Å². The molecule has 0 aromatic carbocycles. The van der Waals surface area contributed by atoms with Crippen molar-refractivity contribution in [3.05, 3.63) is 0 Å². The average Bonchev–Trinajstić information content (AvgIpc) is 2.42. The van der Waals surface area contributed by atoms with Crippen LogP contribution in [0.3, 0.4) is 0 Å². The highest BCUT2D eigenvalue weighted by Crippen LogP contribution is 2.26. The van der Waals surface area contributed by atoms with Crippen LogP contribution in [-0.4, -0.2) is 40.0 Å². The van der Waals surface area contributed by atoms with Crippen LogP contribution in [0.1, 0.15) is 26.7 Å². The number of amides is 2. The second kappa shape index (κ2) is 5.30. The van der Waals surface area contributed by atoms with E-state index in [0.29, 0.717) is 12.8 Å². The summed E-state index contributed by atoms with van der Waals surface area (Å²) in [4.78, 5) is 24.6. The van der Waals surface area contributed by atoms with Crippen LogP contribution in [-0.2, 0) is 9.59 Å². The SMILES string of the molecule is CC(C)N1C(=O)CC(SCCC=N)C1=O. The quantitative estimate of drug-likeness (QED) is 0.438. The lowest BCUT2D eigenvalue weighted by molar-refractivity contribution is -0.140. The summed E-state index contributed by atoms with van der Waals surface area (Å²) < 4.78 is 0. The molecule has 2 amide bonds. The normalized spacial score (nSPS) is 21.5. The van der Waals surface area contributed by atoms with Crippen molar-refractivity contribution in [2.24, 2.45) is 0 Å². The number of hydrogen-bond acceptors (Lipinski definition) is 4. The lowest BCUT2D eigenvalue weighted by Gasteiger charge is -2.18. The summed E-state index contributed by atoms with van der Waals surface area (Å²) in [5.41, 5.74) is 0. The molecule has 1 aliphatic rings. The monoisotopic (exact) mass is 228 g/mol. The van der Waals surface area contributed by atoms with Gasteiger partial charge in [-0.15, -0.1) is 11.8 Å². The molecule has 1 rings (SSSR count). The van der Waals surface area contributed by atoms with Crippen molar-refractivity contribution in [2.75, 3.05) is 5.75 Å². The van der Waals surface area contributed by atoms with Crippen molar-refractivity contribution >= 4 is 29.8 Å². The van der Waals surface area contributed by atoms with E-state index in [1.54, 1.807) is 0 Å². The molecule has 1 atom stereocenters. The van der Waals surface area contributed by atoms with Gasteiger partial charge in [0.2, 0.25) is 11.8 Å². The minimum atomic E-state index is -0.222. The molecule has 1 saturated heterocycles. The minimum Gasteiger partial charge on any atom is -0.313 e. The molecular weight excluding hydrogens is 212 g/mol. The predicted octanol–water partition coefficient (Wildman–Crippen LogP) is 1.30. The summed E-state index contributed by atoms with van der Waals surface area (Å²) in [6.45, 7) is 3.70. The van der Waals surface area contributed by atoms with E-state index in [9.17, 15) is 9.59 Å². The molecule has 1 aliphatic heterocycles. The van der Waals surface area contributed by atoms with E-state index < -0.39 is 0 Å². The molecule has 0 spiro atoms. The molecule has 0 radical (unpaired) electrons. The number of likely N-dealkylation sites (tertiary alicyclic amines) is 1. The van der Waals surface area contributed by atoms with Crippen LogP contribution < -0.4 is 0 Å². The van der Waals surface area contributed by atoms with E-state index in [2.05, 4.69) is 0 Å². The van der Waals surface area contributed by atoms with Crippen molar-refractivity contribution in [3.63, 3.8) is 0 Å². The summed E-state index contributed by atoms with van der Waals surface area (Å²) in [6, 6.07) is -0.0432. The first-order chi connectivity index (χ1) is 7.07. The fourth-order valence-corrected chi connectivity index (χ4v) is 2.62. The molecule has 15 heavy (non-hydrogen) atoms. The third kappa shape index (κ3) is 2.81. The van der Waals surface area contributed by atoms with Crippen LogP contribution in [0.25, 0.3) is 0 Å². The number of nitrogens with zero attached hydrogens (tertiary/aromatic N) is 1. The van der Waals surface area contributed by atoms with Crippen molar-refractivity contribution < 1.29 is 9.59 Å². The highest BCUT2D eigenvalue weighted by atomic mass is 32.2. The molecule has 1 heterocycles. The van der Waals surface area contributed by atoms with Gasteiger partial charge >= 0.3 is 0 Å². The number of nitrogens with one attached hydrogen (secondary N) is 1. The van der Waals surface area contributed by atoms with Crippen LogP contribution in [0.2, 0.25) is 0 Å². The van der Waals surface area contributed by atoms with Gasteiger partial charge in [-0.05, 0) is 32.2 Å². The van der Waals surface area contributed by atoms with E-state index in [4.69, 9.17) is 5.41 Å². The number of rotatable bonds is 5. The van der Waals surface area contributed by atoms with Crippen LogP contribution in [0.5, 0.6) is 0 Å². The van der Waals surface area contributed by atoms with Gasteiger partial charge in [0.15, 0.2) is 0 Å². The number of carbonyl (C=O) groups is 2. The first kappa shape index (κ1) is 12.2. The van der Waals surface area contributed by atoms with E-state index in [1.165, 1.54) is 22.9 Å². The number of imide groups is 1. The van der Waals surface area contributed by atoms with Gasteiger partial charge in [0.1, 0.15) is 0 Å². The third-order valence-corrected chi connectivity index (χ3v) is 3.48. The first-order valence-electron chi connectivity index (χ1n) is 5.04. The highest BCUT2D eigenvalue weighted by Gasteiger charge is 2.39. The molecule has 0 aromatic heterocycles. The zero-order chi connectivity index (χ0) is 11.4. The zero-order valence-corrected chi connectivity index (χ0v) is 9.84. The molecular formula is C10H16N2O2S. The van der Waals surface area contributed by atoms with Gasteiger partial charge < -0.3 is 5.41 Å². The molecule has 4 nitrogen and oxygen atoms in total. The molecule has 0 aliphatic carbocycles. The van der Waals surface area contributed by atoms with Gasteiger partial charge in [-0.1, -0.05) is 0 Å². The largest absolute Gasteiger partial charge is 0.313 e. The smallest absolute Gasteiger partial charge is 0.243 e. The van der Waals surface area contributed by atoms with E-state index in [1.807, 2.05) is 13.8 Å². The molecule has 1 N–H and O–H groups in total. The fraction of sp³-hybridized carbons (Fsp3) is 0.700. The van der Waals surface area contributed by atoms with Crippen molar-refractivity contribution in [1.29, 1.82) is 5.41 Å². The Hall–Kier alpha value is -0.840. The van der Waals surface area contributed by atoms with Gasteiger partial charge in [-0.25, -0.2) is 0 Å². The average molecular weight is 228 g/mol. The summed E-state index contributed by atoms with van der Waals surface area (Å²) in [5, 5.41) is 6.65. The lowest BCUT2D eigenvalue weighted by atomic mass is 10.3. The minimum absolute atomic E-state index is 0.0432. The Balaban J connectivity index is 2.53. The van der Waals surface area contributed by atoms with Gasteiger partial charge in [0.25, 0.3) is 0 Å². The van der Waals surface area contributed by atoms with Gasteiger partial charge in [0, 0.05) is 12.5 Å². The number of carbonyl (C=O) groups excluding carboxylic acids is 2. The Morgan fingerprint density at radius 3 is 2.73 bits per heavy atom. The highest BCUT2D eigenvalue weighted by molar-refractivity contribution is 8.00. The summed E-state index contributed by atoms with van der Waals surface area (Å²) in [5.74, 6) is 0.603. The van der Waals surface area contributed by atoms with Crippen LogP contribution in [0.4, 0.5) is 0 Å². The lowest BCUT2D eigenvalue weighted by Crippen LogP contribution is -2.37. The van der Waals surface area contributed by atoms with Crippen LogP contribution >= 0.6 is 11.8 Å². The molecule has 84 valence electrons. The van der Waals surface area contributed by atoms with Crippen LogP contribution in [0, 0.1) is 5.41 Å². The number of thioether (sulfide) groups is 1. The summed E-state index contributed by atoms with van der Waals surface area (Å²) in [6.07, 6.45) is 2.30. The second-order valence-electron chi connectivity index (χ2n) is 3.75. The predicted molar refractivity (Wildman–Crippen MR) is 61.3 cm³/mol. The van der Waals surface area contributed by atoms with Crippen LogP contribution in [0.15, 0.2) is 0 Å².